The molecule has 2 rings (SSSR count). The molecule has 0 amide bonds. The van der Waals surface area contributed by atoms with Gasteiger partial charge in [0.25, 0.3) is 0 Å². The quantitative estimate of drug-likeness (QED) is 0.815. The summed E-state index contributed by atoms with van der Waals surface area (Å²) in [7, 11) is 0. The lowest BCUT2D eigenvalue weighted by atomic mass is 10.0. The summed E-state index contributed by atoms with van der Waals surface area (Å²) in [5.41, 5.74) is 0.733. The molecule has 0 spiro atoms. The van der Waals surface area contributed by atoms with Crippen LogP contribution in [0.1, 0.15) is 24.9 Å². The van der Waals surface area contributed by atoms with Crippen LogP contribution < -0.4 is 5.32 Å². The molecule has 2 aromatic carbocycles. The zero-order valence-corrected chi connectivity index (χ0v) is 10.8. The summed E-state index contributed by atoms with van der Waals surface area (Å²) in [6.07, 6.45) is 0.582. The molecule has 0 bridgehead atoms. The van der Waals surface area contributed by atoms with Gasteiger partial charge in [-0.05, 0) is 12.5 Å². The Morgan fingerprint density at radius 2 is 1.70 bits per heavy atom. The summed E-state index contributed by atoms with van der Waals surface area (Å²) in [5.74, 6) is -3.90. The molecule has 0 aliphatic rings. The molecule has 2 aromatic rings. The standard InChI is InChI=1S/C15H14F3NO/c1-2-13(10-5-3-4-6-14(10)20)19-9-7-11(16)15(18)12(17)8-9/h3-8,13,19-20H,2H2,1H3. The van der Waals surface area contributed by atoms with Crippen molar-refractivity contribution in [3.05, 3.63) is 59.4 Å². The summed E-state index contributed by atoms with van der Waals surface area (Å²) >= 11 is 0. The molecule has 0 aromatic heterocycles. The number of aromatic hydroxyl groups is 1. The van der Waals surface area contributed by atoms with E-state index < -0.39 is 17.5 Å². The molecule has 0 fully saturated rings. The molecule has 1 unspecified atom stereocenters. The molecular weight excluding hydrogens is 267 g/mol. The van der Waals surface area contributed by atoms with Gasteiger partial charge in [-0.15, -0.1) is 0 Å². The van der Waals surface area contributed by atoms with Gasteiger partial charge < -0.3 is 10.4 Å². The van der Waals surface area contributed by atoms with Crippen molar-refractivity contribution < 1.29 is 18.3 Å². The highest BCUT2D eigenvalue weighted by Gasteiger charge is 2.16. The average Bonchev–Trinajstić information content (AvgIpc) is 2.43. The van der Waals surface area contributed by atoms with Crippen molar-refractivity contribution in [1.82, 2.24) is 0 Å². The number of phenolic OH excluding ortho intramolecular Hbond substituents is 1. The Bertz CT molecular complexity index is 593. The third-order valence-electron chi connectivity index (χ3n) is 3.05. The Morgan fingerprint density at radius 1 is 1.10 bits per heavy atom. The van der Waals surface area contributed by atoms with Gasteiger partial charge in [0.1, 0.15) is 5.75 Å². The highest BCUT2D eigenvalue weighted by molar-refractivity contribution is 5.48. The molecular formula is C15H14F3NO. The van der Waals surface area contributed by atoms with Crippen molar-refractivity contribution in [2.45, 2.75) is 19.4 Å². The summed E-state index contributed by atoms with van der Waals surface area (Å²) in [4.78, 5) is 0. The smallest absolute Gasteiger partial charge is 0.194 e. The van der Waals surface area contributed by atoms with Gasteiger partial charge in [-0.1, -0.05) is 25.1 Å². The molecule has 0 saturated heterocycles. The third-order valence-corrected chi connectivity index (χ3v) is 3.05. The second kappa shape index (κ2) is 5.86. The van der Waals surface area contributed by atoms with Gasteiger partial charge in [0.05, 0.1) is 6.04 Å². The number of benzene rings is 2. The Hall–Kier alpha value is -2.17. The zero-order chi connectivity index (χ0) is 14.7. The van der Waals surface area contributed by atoms with E-state index in [1.165, 1.54) is 6.07 Å². The molecule has 0 saturated carbocycles. The van der Waals surface area contributed by atoms with Crippen molar-refractivity contribution in [3.63, 3.8) is 0 Å². The van der Waals surface area contributed by atoms with Crippen LogP contribution in [-0.4, -0.2) is 5.11 Å². The zero-order valence-electron chi connectivity index (χ0n) is 10.8. The van der Waals surface area contributed by atoms with E-state index in [4.69, 9.17) is 0 Å². The summed E-state index contributed by atoms with van der Waals surface area (Å²) < 4.78 is 39.2. The molecule has 2 nitrogen and oxygen atoms in total. The van der Waals surface area contributed by atoms with E-state index in [9.17, 15) is 18.3 Å². The molecule has 1 atom stereocenters. The van der Waals surface area contributed by atoms with Crippen LogP contribution in [0.25, 0.3) is 0 Å². The number of halogens is 3. The highest BCUT2D eigenvalue weighted by Crippen LogP contribution is 2.30. The molecule has 0 aliphatic carbocycles. The molecule has 0 heterocycles. The lowest BCUT2D eigenvalue weighted by Crippen LogP contribution is -2.10. The van der Waals surface area contributed by atoms with Crippen LogP contribution in [0.2, 0.25) is 0 Å². The predicted molar refractivity (Wildman–Crippen MR) is 71.1 cm³/mol. The number of anilines is 1. The van der Waals surface area contributed by atoms with Crippen LogP contribution in [0.3, 0.4) is 0 Å². The Balaban J connectivity index is 2.30. The SMILES string of the molecule is CCC(Nc1cc(F)c(F)c(F)c1)c1ccccc1O. The van der Waals surface area contributed by atoms with E-state index in [1.807, 2.05) is 6.92 Å². The Labute approximate surface area is 114 Å². The first kappa shape index (κ1) is 14.2. The van der Waals surface area contributed by atoms with Gasteiger partial charge in [-0.2, -0.15) is 0 Å². The Morgan fingerprint density at radius 3 is 2.25 bits per heavy atom. The second-order valence-corrected chi connectivity index (χ2v) is 4.42. The summed E-state index contributed by atoms with van der Waals surface area (Å²) in [5, 5.41) is 12.7. The van der Waals surface area contributed by atoms with E-state index in [-0.39, 0.29) is 17.5 Å². The lowest BCUT2D eigenvalue weighted by molar-refractivity contribution is 0.447. The highest BCUT2D eigenvalue weighted by atomic mass is 19.2. The summed E-state index contributed by atoms with van der Waals surface area (Å²) in [6, 6.07) is 8.13. The van der Waals surface area contributed by atoms with E-state index in [2.05, 4.69) is 5.32 Å². The monoisotopic (exact) mass is 281 g/mol. The predicted octanol–water partition coefficient (Wildman–Crippen LogP) is 4.37. The number of phenols is 1. The van der Waals surface area contributed by atoms with Crippen molar-refractivity contribution >= 4 is 5.69 Å². The maximum atomic E-state index is 13.2. The van der Waals surface area contributed by atoms with Gasteiger partial charge in [-0.25, -0.2) is 13.2 Å². The van der Waals surface area contributed by atoms with Crippen LogP contribution in [-0.2, 0) is 0 Å². The van der Waals surface area contributed by atoms with Crippen molar-refractivity contribution in [2.75, 3.05) is 5.32 Å². The maximum Gasteiger partial charge on any atom is 0.194 e. The fourth-order valence-corrected chi connectivity index (χ4v) is 2.02. The first-order valence-corrected chi connectivity index (χ1v) is 6.22. The third kappa shape index (κ3) is 2.87. The molecule has 5 heteroatoms. The fourth-order valence-electron chi connectivity index (χ4n) is 2.02. The first-order chi connectivity index (χ1) is 9.52. The van der Waals surface area contributed by atoms with Crippen LogP contribution in [0, 0.1) is 17.5 Å². The van der Waals surface area contributed by atoms with Gasteiger partial charge in [0.15, 0.2) is 17.5 Å². The largest absolute Gasteiger partial charge is 0.508 e. The van der Waals surface area contributed by atoms with Crippen molar-refractivity contribution in [3.8, 4) is 5.75 Å². The minimum Gasteiger partial charge on any atom is -0.508 e. The van der Waals surface area contributed by atoms with E-state index in [0.717, 1.165) is 12.1 Å². The average molecular weight is 281 g/mol. The molecule has 0 aliphatic heterocycles. The first-order valence-electron chi connectivity index (χ1n) is 6.22. The number of nitrogens with one attached hydrogen (secondary N) is 1. The number of rotatable bonds is 4. The number of hydrogen-bond acceptors (Lipinski definition) is 2. The topological polar surface area (TPSA) is 32.3 Å². The molecule has 0 radical (unpaired) electrons. The van der Waals surface area contributed by atoms with Crippen LogP contribution in [0.5, 0.6) is 5.75 Å². The van der Waals surface area contributed by atoms with Crippen molar-refractivity contribution in [2.24, 2.45) is 0 Å². The van der Waals surface area contributed by atoms with Crippen LogP contribution >= 0.6 is 0 Å². The minimum absolute atomic E-state index is 0.0925. The normalized spacial score (nSPS) is 12.2. The maximum absolute atomic E-state index is 13.2. The number of para-hydroxylation sites is 1. The van der Waals surface area contributed by atoms with Gasteiger partial charge in [-0.3, -0.25) is 0 Å². The van der Waals surface area contributed by atoms with Crippen molar-refractivity contribution in [1.29, 1.82) is 0 Å². The van der Waals surface area contributed by atoms with E-state index in [1.54, 1.807) is 18.2 Å². The van der Waals surface area contributed by atoms with Gasteiger partial charge in [0, 0.05) is 23.4 Å². The molecule has 2 N–H and O–H groups in total. The fraction of sp³-hybridized carbons (Fsp3) is 0.200. The van der Waals surface area contributed by atoms with Gasteiger partial charge >= 0.3 is 0 Å². The Kier molecular flexibility index (Phi) is 4.17. The van der Waals surface area contributed by atoms with E-state index >= 15 is 0 Å². The molecule has 20 heavy (non-hydrogen) atoms. The van der Waals surface area contributed by atoms with Crippen LogP contribution in [0.15, 0.2) is 36.4 Å². The molecule has 106 valence electrons. The van der Waals surface area contributed by atoms with E-state index in [0.29, 0.717) is 12.0 Å². The second-order valence-electron chi connectivity index (χ2n) is 4.42. The lowest BCUT2D eigenvalue weighted by Gasteiger charge is -2.20. The number of hydrogen-bond donors (Lipinski definition) is 2. The minimum atomic E-state index is -1.49. The van der Waals surface area contributed by atoms with Crippen LogP contribution in [0.4, 0.5) is 18.9 Å². The van der Waals surface area contributed by atoms with Gasteiger partial charge in [0.2, 0.25) is 0 Å². The summed E-state index contributed by atoms with van der Waals surface area (Å²) in [6.45, 7) is 1.86.